The summed E-state index contributed by atoms with van der Waals surface area (Å²) < 4.78 is 30.7. The van der Waals surface area contributed by atoms with Crippen molar-refractivity contribution < 1.29 is 37.4 Å². The summed E-state index contributed by atoms with van der Waals surface area (Å²) in [6, 6.07) is 11.3. The van der Waals surface area contributed by atoms with Gasteiger partial charge >= 0.3 is 7.82 Å². The Labute approximate surface area is 263 Å². The first kappa shape index (κ1) is 36.1. The van der Waals surface area contributed by atoms with E-state index in [1.165, 1.54) is 70.6 Å². The Balaban J connectivity index is 1.36. The first-order valence-corrected chi connectivity index (χ1v) is 18.0. The highest BCUT2D eigenvalue weighted by Crippen LogP contribution is 2.43. The molecule has 0 saturated carbocycles. The normalized spacial score (nSPS) is 15.0. The quantitative estimate of drug-likeness (QED) is 0.0532. The van der Waals surface area contributed by atoms with E-state index in [0.717, 1.165) is 24.2 Å². The summed E-state index contributed by atoms with van der Waals surface area (Å²) in [5.74, 6) is -0.929. The van der Waals surface area contributed by atoms with Gasteiger partial charge in [0.1, 0.15) is 6.61 Å². The van der Waals surface area contributed by atoms with Gasteiger partial charge in [-0.1, -0.05) is 109 Å². The topological polar surface area (TPSA) is 106 Å². The molecule has 0 aliphatic carbocycles. The van der Waals surface area contributed by atoms with Crippen molar-refractivity contribution >= 4 is 19.6 Å². The maximum absolute atomic E-state index is 13.1. The molecule has 44 heavy (non-hydrogen) atoms. The van der Waals surface area contributed by atoms with Gasteiger partial charge in [0.05, 0.1) is 30.4 Å². The lowest BCUT2D eigenvalue weighted by Gasteiger charge is -2.26. The molecule has 244 valence electrons. The first-order chi connectivity index (χ1) is 21.4. The Morgan fingerprint density at radius 2 is 1.23 bits per heavy atom. The second kappa shape index (κ2) is 20.6. The third-order valence-electron chi connectivity index (χ3n) is 7.95. The van der Waals surface area contributed by atoms with Gasteiger partial charge in [-0.25, -0.2) is 9.13 Å². The summed E-state index contributed by atoms with van der Waals surface area (Å²) in [7, 11) is -4.43. The maximum atomic E-state index is 13.1. The number of unbranched alkanes of at least 4 members (excludes halogenated alkanes) is 13. The predicted octanol–water partition coefficient (Wildman–Crippen LogP) is 7.27. The van der Waals surface area contributed by atoms with Crippen LogP contribution in [0, 0.1) is 0 Å². The van der Waals surface area contributed by atoms with Gasteiger partial charge in [-0.15, -0.1) is 0 Å². The van der Waals surface area contributed by atoms with Crippen molar-refractivity contribution in [3.05, 3.63) is 66.0 Å². The van der Waals surface area contributed by atoms with E-state index in [1.54, 1.807) is 24.3 Å². The second-order valence-electron chi connectivity index (χ2n) is 11.6. The van der Waals surface area contributed by atoms with E-state index in [0.29, 0.717) is 24.3 Å². The Morgan fingerprint density at radius 1 is 0.705 bits per heavy atom. The molecule has 0 saturated heterocycles. The van der Waals surface area contributed by atoms with Crippen LogP contribution in [0.25, 0.3) is 0 Å². The van der Waals surface area contributed by atoms with Gasteiger partial charge in [0.25, 0.3) is 11.8 Å². The van der Waals surface area contributed by atoms with E-state index in [-0.39, 0.29) is 19.8 Å². The van der Waals surface area contributed by atoms with Crippen molar-refractivity contribution in [3.63, 3.8) is 0 Å². The van der Waals surface area contributed by atoms with E-state index in [4.69, 9.17) is 13.8 Å². The van der Waals surface area contributed by atoms with Crippen LogP contribution in [0.15, 0.2) is 54.9 Å². The molecule has 1 aromatic carbocycles. The van der Waals surface area contributed by atoms with Crippen LogP contribution < -0.4 is 4.57 Å². The largest absolute Gasteiger partial charge is 0.472 e. The summed E-state index contributed by atoms with van der Waals surface area (Å²) in [6.07, 6.45) is 21.3. The molecule has 0 bridgehead atoms. The summed E-state index contributed by atoms with van der Waals surface area (Å²) in [5.41, 5.74) is 0.607. The molecular weight excluding hydrogens is 579 g/mol. The summed E-state index contributed by atoms with van der Waals surface area (Å²) in [6.45, 7) is 2.67. The molecule has 0 radical (unpaired) electrons. The van der Waals surface area contributed by atoms with Gasteiger partial charge in [0.2, 0.25) is 0 Å². The number of carbonyl (C=O) groups is 2. The number of phosphoric ester groups is 1. The molecule has 1 aliphatic rings. The van der Waals surface area contributed by atoms with Gasteiger partial charge in [-0.05, 0) is 18.6 Å². The highest BCUT2D eigenvalue weighted by atomic mass is 31.2. The molecule has 1 N–H and O–H groups in total. The first-order valence-electron chi connectivity index (χ1n) is 16.5. The smallest absolute Gasteiger partial charge is 0.379 e. The fourth-order valence-electron chi connectivity index (χ4n) is 5.42. The van der Waals surface area contributed by atoms with Crippen molar-refractivity contribution in [1.29, 1.82) is 0 Å². The third kappa shape index (κ3) is 12.9. The molecule has 0 fully saturated rings. The van der Waals surface area contributed by atoms with Gasteiger partial charge < -0.3 is 9.63 Å². The van der Waals surface area contributed by atoms with Crippen LogP contribution in [0.4, 0.5) is 0 Å². The molecule has 2 heterocycles. The zero-order valence-electron chi connectivity index (χ0n) is 26.4. The minimum absolute atomic E-state index is 0.00375. The highest BCUT2D eigenvalue weighted by Gasteiger charge is 2.41. The SMILES string of the molecule is CCCCCCCCCCCCCCCCOCC(COP(=O)(O)OCC[n+]1ccccc1)N1C(=O)c2ccccc2C1=O. The van der Waals surface area contributed by atoms with E-state index >= 15 is 0 Å². The zero-order valence-corrected chi connectivity index (χ0v) is 27.3. The van der Waals surface area contributed by atoms with Crippen LogP contribution in [0.2, 0.25) is 0 Å². The molecule has 10 heteroatoms. The number of amides is 2. The van der Waals surface area contributed by atoms with Crippen molar-refractivity contribution in [2.24, 2.45) is 0 Å². The minimum atomic E-state index is -4.43. The Morgan fingerprint density at radius 3 is 1.77 bits per heavy atom. The number of ether oxygens (including phenoxy) is 1. The van der Waals surface area contributed by atoms with Gasteiger partial charge in [-0.3, -0.25) is 23.5 Å². The lowest BCUT2D eigenvalue weighted by Crippen LogP contribution is -2.45. The molecule has 2 unspecified atom stereocenters. The zero-order chi connectivity index (χ0) is 31.5. The van der Waals surface area contributed by atoms with Crippen LogP contribution >= 0.6 is 7.82 Å². The molecule has 2 aromatic rings. The summed E-state index contributed by atoms with van der Waals surface area (Å²) >= 11 is 0. The van der Waals surface area contributed by atoms with Crippen LogP contribution in [0.3, 0.4) is 0 Å². The summed E-state index contributed by atoms with van der Waals surface area (Å²) in [4.78, 5) is 37.6. The number of aromatic nitrogens is 1. The van der Waals surface area contributed by atoms with E-state index < -0.39 is 25.7 Å². The molecule has 1 aliphatic heterocycles. The van der Waals surface area contributed by atoms with Crippen molar-refractivity contribution in [2.45, 2.75) is 109 Å². The number of phosphoric acid groups is 1. The van der Waals surface area contributed by atoms with Crippen LogP contribution in [0.1, 0.15) is 118 Å². The predicted molar refractivity (Wildman–Crippen MR) is 170 cm³/mol. The fraction of sp³-hybridized carbons (Fsp3) is 0.618. The average molecular weight is 632 g/mol. The van der Waals surface area contributed by atoms with Crippen LogP contribution in [-0.4, -0.2) is 54.1 Å². The van der Waals surface area contributed by atoms with Gasteiger partial charge in [0, 0.05) is 18.7 Å². The number of pyridine rings is 1. The molecular formula is C34H52N2O7P+. The number of hydrogen-bond donors (Lipinski definition) is 1. The van der Waals surface area contributed by atoms with Crippen molar-refractivity contribution in [1.82, 2.24) is 4.90 Å². The fourth-order valence-corrected chi connectivity index (χ4v) is 6.16. The summed E-state index contributed by atoms with van der Waals surface area (Å²) in [5, 5.41) is 0. The number of rotatable bonds is 25. The standard InChI is InChI=1S/C34H51N2O7P/c1-2-3-4-5-6-7-8-9-10-11-12-13-14-20-26-41-28-30(36-33(37)31-21-16-17-22-32(31)34(36)38)29-43-44(39,40)42-27-25-35-23-18-15-19-24-35/h15-19,21-24,30H,2-14,20,25-29H2,1H3/p+1. The molecule has 0 spiro atoms. The number of benzene rings is 1. The minimum Gasteiger partial charge on any atom is -0.379 e. The highest BCUT2D eigenvalue weighted by molar-refractivity contribution is 7.47. The average Bonchev–Trinajstić information content (AvgIpc) is 3.28. The van der Waals surface area contributed by atoms with Crippen molar-refractivity contribution in [3.8, 4) is 0 Å². The van der Waals surface area contributed by atoms with Gasteiger partial charge in [-0.2, -0.15) is 0 Å². The Bertz CT molecular complexity index is 1130. The second-order valence-corrected chi connectivity index (χ2v) is 13.0. The number of hydrogen-bond acceptors (Lipinski definition) is 6. The molecule has 2 amide bonds. The Hall–Kier alpha value is -2.42. The number of nitrogens with zero attached hydrogens (tertiary/aromatic N) is 2. The molecule has 3 rings (SSSR count). The van der Waals surface area contributed by atoms with Gasteiger partial charge in [0.15, 0.2) is 18.9 Å². The molecule has 9 nitrogen and oxygen atoms in total. The molecule has 1 aromatic heterocycles. The number of imide groups is 1. The monoisotopic (exact) mass is 631 g/mol. The third-order valence-corrected chi connectivity index (χ3v) is 8.94. The van der Waals surface area contributed by atoms with Crippen LogP contribution in [0.5, 0.6) is 0 Å². The number of fused-ring (bicyclic) bond motifs is 1. The number of carbonyl (C=O) groups excluding carboxylic acids is 2. The maximum Gasteiger partial charge on any atom is 0.472 e. The van der Waals surface area contributed by atoms with E-state index in [1.807, 2.05) is 35.2 Å². The lowest BCUT2D eigenvalue weighted by atomic mass is 10.0. The molecule has 2 atom stereocenters. The Kier molecular flexibility index (Phi) is 16.9. The lowest BCUT2D eigenvalue weighted by molar-refractivity contribution is -0.697. The van der Waals surface area contributed by atoms with E-state index in [9.17, 15) is 19.0 Å². The van der Waals surface area contributed by atoms with Crippen molar-refractivity contribution in [2.75, 3.05) is 26.4 Å². The van der Waals surface area contributed by atoms with Crippen LogP contribution in [-0.2, 0) is 24.9 Å². The van der Waals surface area contributed by atoms with E-state index in [2.05, 4.69) is 6.92 Å².